The van der Waals surface area contributed by atoms with Crippen LogP contribution in [0, 0.1) is 24.0 Å². The minimum atomic E-state index is -5.74. The van der Waals surface area contributed by atoms with E-state index in [0.29, 0.717) is 35.0 Å². The SMILES string of the molecule is Cc1sc2cc(-c3scc4c3OCCO4)ccc2c1C1=C(c2c(C)sc3cc([N+](=O)[O-])ccc23)C(F)(F)C(F)(F)C1(F)F. The van der Waals surface area contributed by atoms with Crippen molar-refractivity contribution in [3.05, 3.63) is 72.8 Å². The number of nitro groups is 1. The molecule has 0 atom stereocenters. The summed E-state index contributed by atoms with van der Waals surface area (Å²) in [6, 6.07) is 8.05. The molecule has 14 heteroatoms. The van der Waals surface area contributed by atoms with E-state index in [1.807, 2.05) is 0 Å². The number of nitrogens with zero attached hydrogens (tertiary/aromatic N) is 1. The molecule has 222 valence electrons. The van der Waals surface area contributed by atoms with Crippen LogP contribution in [0.25, 0.3) is 41.8 Å². The number of hydrogen-bond donors (Lipinski definition) is 0. The van der Waals surface area contributed by atoms with Gasteiger partial charge in [-0.3, -0.25) is 10.1 Å². The molecular formula is C29H17F6NO4S3. The molecule has 0 bridgehead atoms. The summed E-state index contributed by atoms with van der Waals surface area (Å²) in [7, 11) is 0. The Labute approximate surface area is 250 Å². The van der Waals surface area contributed by atoms with Crippen LogP contribution < -0.4 is 9.47 Å². The lowest BCUT2D eigenvalue weighted by molar-refractivity contribution is -0.384. The van der Waals surface area contributed by atoms with Crippen molar-refractivity contribution in [2.75, 3.05) is 13.2 Å². The molecule has 2 aliphatic rings. The van der Waals surface area contributed by atoms with E-state index in [2.05, 4.69) is 0 Å². The summed E-state index contributed by atoms with van der Waals surface area (Å²) in [4.78, 5) is 11.5. The lowest BCUT2D eigenvalue weighted by atomic mass is 9.91. The van der Waals surface area contributed by atoms with Gasteiger partial charge >= 0.3 is 17.8 Å². The molecule has 4 heterocycles. The molecule has 0 fully saturated rings. The summed E-state index contributed by atoms with van der Waals surface area (Å²) in [5.74, 6) is -15.1. The molecule has 0 saturated heterocycles. The van der Waals surface area contributed by atoms with Gasteiger partial charge in [-0.2, -0.15) is 26.3 Å². The van der Waals surface area contributed by atoms with Gasteiger partial charge in [0.1, 0.15) is 13.2 Å². The van der Waals surface area contributed by atoms with Gasteiger partial charge in [0.05, 0.1) is 9.80 Å². The Morgan fingerprint density at radius 2 is 1.37 bits per heavy atom. The van der Waals surface area contributed by atoms with Crippen molar-refractivity contribution >= 4 is 71.0 Å². The molecule has 1 aliphatic carbocycles. The average Bonchev–Trinajstić information content (AvgIpc) is 3.64. The minimum absolute atomic E-state index is 0.0436. The van der Waals surface area contributed by atoms with Crippen LogP contribution in [0.4, 0.5) is 32.0 Å². The van der Waals surface area contributed by atoms with E-state index in [9.17, 15) is 10.1 Å². The number of ether oxygens (including phenoxy) is 2. The first-order chi connectivity index (χ1) is 20.3. The fraction of sp³-hybridized carbons (Fsp3) is 0.241. The van der Waals surface area contributed by atoms with Crippen LogP contribution in [0.2, 0.25) is 0 Å². The molecule has 1 aliphatic heterocycles. The van der Waals surface area contributed by atoms with Gasteiger partial charge in [-0.1, -0.05) is 12.1 Å². The van der Waals surface area contributed by atoms with Gasteiger partial charge in [0.25, 0.3) is 5.69 Å². The smallest absolute Gasteiger partial charge is 0.380 e. The van der Waals surface area contributed by atoms with E-state index in [1.54, 1.807) is 17.5 Å². The lowest BCUT2D eigenvalue weighted by Gasteiger charge is -2.26. The van der Waals surface area contributed by atoms with E-state index in [1.165, 1.54) is 31.3 Å². The zero-order valence-electron chi connectivity index (χ0n) is 22.0. The first-order valence-electron chi connectivity index (χ1n) is 12.7. The maximum Gasteiger partial charge on any atom is 0.380 e. The number of halogens is 6. The highest BCUT2D eigenvalue weighted by molar-refractivity contribution is 7.20. The van der Waals surface area contributed by atoms with Crippen LogP contribution >= 0.6 is 34.0 Å². The summed E-state index contributed by atoms with van der Waals surface area (Å²) >= 11 is 3.22. The molecule has 7 rings (SSSR count). The third kappa shape index (κ3) is 3.75. The average molecular weight is 654 g/mol. The molecule has 5 aromatic rings. The first kappa shape index (κ1) is 28.2. The Kier molecular flexibility index (Phi) is 6.02. The molecule has 3 aromatic heterocycles. The Morgan fingerprint density at radius 3 is 1.98 bits per heavy atom. The van der Waals surface area contributed by atoms with E-state index in [0.717, 1.165) is 45.7 Å². The van der Waals surface area contributed by atoms with Gasteiger partial charge in [-0.15, -0.1) is 34.0 Å². The maximum absolute atomic E-state index is 15.8. The maximum atomic E-state index is 15.8. The Balaban J connectivity index is 1.50. The van der Waals surface area contributed by atoms with E-state index < -0.39 is 39.4 Å². The first-order valence-corrected chi connectivity index (χ1v) is 15.2. The summed E-state index contributed by atoms with van der Waals surface area (Å²) in [6.45, 7) is 3.52. The third-order valence-electron chi connectivity index (χ3n) is 7.66. The molecule has 43 heavy (non-hydrogen) atoms. The number of rotatable bonds is 4. The van der Waals surface area contributed by atoms with Crippen LogP contribution in [-0.4, -0.2) is 35.9 Å². The fourth-order valence-corrected chi connectivity index (χ4v) is 8.90. The zero-order chi connectivity index (χ0) is 30.6. The lowest BCUT2D eigenvalue weighted by Crippen LogP contribution is -2.48. The summed E-state index contributed by atoms with van der Waals surface area (Å²) in [5.41, 5.74) is -3.43. The van der Waals surface area contributed by atoms with Crippen LogP contribution in [0.1, 0.15) is 20.9 Å². The number of allylic oxidation sites excluding steroid dienone is 2. The predicted molar refractivity (Wildman–Crippen MR) is 156 cm³/mol. The quantitative estimate of drug-likeness (QED) is 0.110. The van der Waals surface area contributed by atoms with E-state index in [4.69, 9.17) is 9.47 Å². The van der Waals surface area contributed by atoms with Gasteiger partial charge in [-0.25, -0.2) is 0 Å². The van der Waals surface area contributed by atoms with Crippen LogP contribution in [0.3, 0.4) is 0 Å². The van der Waals surface area contributed by atoms with Crippen molar-refractivity contribution in [1.82, 2.24) is 0 Å². The second-order valence-corrected chi connectivity index (χ2v) is 13.5. The molecule has 0 N–H and O–H groups in total. The van der Waals surface area contributed by atoms with Gasteiger partial charge in [-0.05, 0) is 31.5 Å². The Morgan fingerprint density at radius 1 is 0.814 bits per heavy atom. The minimum Gasteiger partial charge on any atom is -0.485 e. The topological polar surface area (TPSA) is 61.6 Å². The van der Waals surface area contributed by atoms with Crippen LogP contribution in [0.5, 0.6) is 11.5 Å². The number of nitro benzene ring substituents is 1. The fourth-order valence-electron chi connectivity index (χ4n) is 5.75. The Bertz CT molecular complexity index is 2040. The summed E-state index contributed by atoms with van der Waals surface area (Å²) in [5, 5.41) is 13.1. The third-order valence-corrected chi connectivity index (χ3v) is 10.8. The van der Waals surface area contributed by atoms with Crippen LogP contribution in [0.15, 0.2) is 41.8 Å². The normalized spacial score (nSPS) is 18.6. The molecule has 2 aromatic carbocycles. The van der Waals surface area contributed by atoms with Crippen molar-refractivity contribution < 1.29 is 40.7 Å². The molecule has 0 radical (unpaired) electrons. The molecular weight excluding hydrogens is 637 g/mol. The van der Waals surface area contributed by atoms with Gasteiger partial charge in [0, 0.05) is 69.7 Å². The number of hydrogen-bond acceptors (Lipinski definition) is 7. The van der Waals surface area contributed by atoms with Crippen LogP contribution in [-0.2, 0) is 0 Å². The largest absolute Gasteiger partial charge is 0.485 e. The van der Waals surface area contributed by atoms with Crippen molar-refractivity contribution in [3.63, 3.8) is 0 Å². The number of aryl methyl sites for hydroxylation is 2. The highest BCUT2D eigenvalue weighted by Gasteiger charge is 2.80. The highest BCUT2D eigenvalue weighted by atomic mass is 32.1. The van der Waals surface area contributed by atoms with E-state index >= 15 is 26.3 Å². The second-order valence-electron chi connectivity index (χ2n) is 10.1. The second kappa shape index (κ2) is 9.19. The van der Waals surface area contributed by atoms with Crippen molar-refractivity contribution in [3.8, 4) is 21.9 Å². The van der Waals surface area contributed by atoms with Crippen molar-refractivity contribution in [2.45, 2.75) is 31.6 Å². The Hall–Kier alpha value is -3.62. The van der Waals surface area contributed by atoms with E-state index in [-0.39, 0.29) is 36.5 Å². The highest BCUT2D eigenvalue weighted by Crippen LogP contribution is 2.67. The molecule has 0 saturated carbocycles. The molecule has 0 amide bonds. The number of benzene rings is 2. The predicted octanol–water partition coefficient (Wildman–Crippen LogP) is 9.97. The standard InChI is InChI=1S/C29H17F6NO4S3/c1-12-21(16-5-3-14(9-19(16)42-12)26-25-18(11-41-26)39-7-8-40-25)23-24(28(32,33)29(34,35)27(23,30)31)22-13(2)43-20-10-15(36(37)38)4-6-17(20)22/h3-6,9-11H,7-8H2,1-2H3. The van der Waals surface area contributed by atoms with Gasteiger partial charge < -0.3 is 9.47 Å². The molecule has 5 nitrogen and oxygen atoms in total. The number of alkyl halides is 6. The van der Waals surface area contributed by atoms with Crippen molar-refractivity contribution in [2.24, 2.45) is 0 Å². The van der Waals surface area contributed by atoms with Crippen molar-refractivity contribution in [1.29, 1.82) is 0 Å². The number of thiophene rings is 3. The molecule has 0 unspecified atom stereocenters. The van der Waals surface area contributed by atoms with Gasteiger partial charge in [0.2, 0.25) is 0 Å². The number of fused-ring (bicyclic) bond motifs is 3. The summed E-state index contributed by atoms with van der Waals surface area (Å²) < 4.78 is 105. The van der Waals surface area contributed by atoms with Gasteiger partial charge in [0.15, 0.2) is 11.5 Å². The molecule has 0 spiro atoms. The zero-order valence-corrected chi connectivity index (χ0v) is 24.5. The monoisotopic (exact) mass is 653 g/mol. The summed E-state index contributed by atoms with van der Waals surface area (Å²) in [6.07, 6.45) is 0. The number of non-ortho nitro benzene ring substituents is 1.